The van der Waals surface area contributed by atoms with Crippen LogP contribution in [0.15, 0.2) is 4.52 Å². The molecule has 0 amide bonds. The summed E-state index contributed by atoms with van der Waals surface area (Å²) in [5.74, 6) is 1.09. The van der Waals surface area contributed by atoms with Crippen LogP contribution in [-0.2, 0) is 11.2 Å². The summed E-state index contributed by atoms with van der Waals surface area (Å²) in [5, 5.41) is 12.9. The molecule has 1 aliphatic heterocycles. The zero-order chi connectivity index (χ0) is 9.97. The molecule has 2 unspecified atom stereocenters. The highest BCUT2D eigenvalue weighted by atomic mass is 16.5. The van der Waals surface area contributed by atoms with Gasteiger partial charge in [0.15, 0.2) is 5.82 Å². The molecular weight excluding hydrogens is 184 g/mol. The van der Waals surface area contributed by atoms with Crippen molar-refractivity contribution in [2.75, 3.05) is 6.61 Å². The number of hydrogen-bond acceptors (Lipinski definition) is 5. The van der Waals surface area contributed by atoms with Gasteiger partial charge in [-0.1, -0.05) is 5.16 Å². The fourth-order valence-electron chi connectivity index (χ4n) is 1.52. The average molecular weight is 198 g/mol. The Kier molecular flexibility index (Phi) is 2.79. The lowest BCUT2D eigenvalue weighted by Crippen LogP contribution is -2.06. The van der Waals surface area contributed by atoms with Crippen LogP contribution in [0, 0.1) is 0 Å². The van der Waals surface area contributed by atoms with E-state index >= 15 is 0 Å². The van der Waals surface area contributed by atoms with Gasteiger partial charge in [0.2, 0.25) is 0 Å². The molecule has 0 radical (unpaired) electrons. The quantitative estimate of drug-likeness (QED) is 0.779. The van der Waals surface area contributed by atoms with Crippen LogP contribution in [0.1, 0.15) is 37.6 Å². The summed E-state index contributed by atoms with van der Waals surface area (Å²) in [7, 11) is 0. The molecule has 1 aromatic rings. The molecule has 1 saturated heterocycles. The standard InChI is InChI=1S/C9H14N2O3/c1-6(12)5-8-10-9(14-11-8)7-3-2-4-13-7/h6-7,12H,2-5H2,1H3. The molecule has 0 saturated carbocycles. The van der Waals surface area contributed by atoms with Crippen LogP contribution < -0.4 is 0 Å². The highest BCUT2D eigenvalue weighted by molar-refractivity contribution is 4.92. The second-order valence-electron chi connectivity index (χ2n) is 3.60. The summed E-state index contributed by atoms with van der Waals surface area (Å²) >= 11 is 0. The molecule has 1 N–H and O–H groups in total. The second-order valence-corrected chi connectivity index (χ2v) is 3.60. The van der Waals surface area contributed by atoms with E-state index in [9.17, 15) is 0 Å². The van der Waals surface area contributed by atoms with E-state index < -0.39 is 6.10 Å². The predicted octanol–water partition coefficient (Wildman–Crippen LogP) is 0.844. The first-order chi connectivity index (χ1) is 6.75. The van der Waals surface area contributed by atoms with Crippen molar-refractivity contribution >= 4 is 0 Å². The Morgan fingerprint density at radius 2 is 2.50 bits per heavy atom. The van der Waals surface area contributed by atoms with E-state index in [2.05, 4.69) is 10.1 Å². The summed E-state index contributed by atoms with van der Waals surface area (Å²) < 4.78 is 10.5. The minimum atomic E-state index is -0.440. The van der Waals surface area contributed by atoms with E-state index in [4.69, 9.17) is 14.4 Å². The fourth-order valence-corrected chi connectivity index (χ4v) is 1.52. The molecule has 0 spiro atoms. The van der Waals surface area contributed by atoms with Crippen LogP contribution in [0.2, 0.25) is 0 Å². The van der Waals surface area contributed by atoms with E-state index in [1.54, 1.807) is 6.92 Å². The van der Waals surface area contributed by atoms with Crippen LogP contribution in [-0.4, -0.2) is 28.0 Å². The normalized spacial score (nSPS) is 24.0. The number of aromatic nitrogens is 2. The van der Waals surface area contributed by atoms with Gasteiger partial charge in [-0.05, 0) is 19.8 Å². The lowest BCUT2D eigenvalue weighted by Gasteiger charge is -2.00. The van der Waals surface area contributed by atoms with Crippen LogP contribution in [0.3, 0.4) is 0 Å². The summed E-state index contributed by atoms with van der Waals surface area (Å²) in [5.41, 5.74) is 0. The minimum absolute atomic E-state index is 0.0368. The third-order valence-corrected chi connectivity index (χ3v) is 2.17. The average Bonchev–Trinajstić information content (AvgIpc) is 2.69. The second kappa shape index (κ2) is 4.06. The minimum Gasteiger partial charge on any atom is -0.393 e. The Balaban J connectivity index is 2.01. The van der Waals surface area contributed by atoms with Gasteiger partial charge >= 0.3 is 0 Å². The molecule has 2 atom stereocenters. The third-order valence-electron chi connectivity index (χ3n) is 2.17. The third kappa shape index (κ3) is 2.10. The van der Waals surface area contributed by atoms with Crippen molar-refractivity contribution in [2.24, 2.45) is 0 Å². The highest BCUT2D eigenvalue weighted by Crippen LogP contribution is 2.26. The molecule has 5 heteroatoms. The molecule has 0 aliphatic carbocycles. The van der Waals surface area contributed by atoms with E-state index in [0.717, 1.165) is 19.4 Å². The SMILES string of the molecule is CC(O)Cc1noc(C2CCCO2)n1. The fraction of sp³-hybridized carbons (Fsp3) is 0.778. The van der Waals surface area contributed by atoms with Gasteiger partial charge in [-0.3, -0.25) is 0 Å². The van der Waals surface area contributed by atoms with Crippen LogP contribution in [0.25, 0.3) is 0 Å². The number of nitrogens with zero attached hydrogens (tertiary/aromatic N) is 2. The summed E-state index contributed by atoms with van der Waals surface area (Å²) in [4.78, 5) is 4.17. The van der Waals surface area contributed by atoms with Gasteiger partial charge in [0, 0.05) is 13.0 Å². The van der Waals surface area contributed by atoms with Gasteiger partial charge in [0.25, 0.3) is 5.89 Å². The maximum Gasteiger partial charge on any atom is 0.255 e. The number of ether oxygens (including phenoxy) is 1. The Bertz CT molecular complexity index is 292. The van der Waals surface area contributed by atoms with Crippen molar-refractivity contribution < 1.29 is 14.4 Å². The van der Waals surface area contributed by atoms with Crippen LogP contribution >= 0.6 is 0 Å². The van der Waals surface area contributed by atoms with E-state index in [-0.39, 0.29) is 6.10 Å². The predicted molar refractivity (Wildman–Crippen MR) is 47.6 cm³/mol. The van der Waals surface area contributed by atoms with Gasteiger partial charge in [0.1, 0.15) is 6.10 Å². The monoisotopic (exact) mass is 198 g/mol. The van der Waals surface area contributed by atoms with E-state index in [1.807, 2.05) is 0 Å². The number of hydrogen-bond donors (Lipinski definition) is 1. The first-order valence-corrected chi connectivity index (χ1v) is 4.88. The van der Waals surface area contributed by atoms with Crippen LogP contribution in [0.4, 0.5) is 0 Å². The molecule has 1 aromatic heterocycles. The molecule has 2 rings (SSSR count). The van der Waals surface area contributed by atoms with Crippen molar-refractivity contribution in [1.29, 1.82) is 0 Å². The maximum atomic E-state index is 9.13. The van der Waals surface area contributed by atoms with Gasteiger partial charge < -0.3 is 14.4 Å². The van der Waals surface area contributed by atoms with Crippen molar-refractivity contribution in [3.05, 3.63) is 11.7 Å². The first kappa shape index (κ1) is 9.61. The highest BCUT2D eigenvalue weighted by Gasteiger charge is 2.23. The van der Waals surface area contributed by atoms with Crippen molar-refractivity contribution in [1.82, 2.24) is 10.1 Å². The van der Waals surface area contributed by atoms with Gasteiger partial charge in [-0.25, -0.2) is 0 Å². The molecule has 0 aromatic carbocycles. The number of aliphatic hydroxyl groups is 1. The molecule has 0 bridgehead atoms. The summed E-state index contributed by atoms with van der Waals surface area (Å²) in [6.07, 6.45) is 1.93. The van der Waals surface area contributed by atoms with Gasteiger partial charge in [-0.2, -0.15) is 4.98 Å². The molecule has 5 nitrogen and oxygen atoms in total. The smallest absolute Gasteiger partial charge is 0.255 e. The molecule has 2 heterocycles. The van der Waals surface area contributed by atoms with E-state index in [0.29, 0.717) is 18.1 Å². The molecule has 78 valence electrons. The summed E-state index contributed by atoms with van der Waals surface area (Å²) in [6, 6.07) is 0. The Hall–Kier alpha value is -0.940. The zero-order valence-electron chi connectivity index (χ0n) is 8.14. The largest absolute Gasteiger partial charge is 0.393 e. The summed E-state index contributed by atoms with van der Waals surface area (Å²) in [6.45, 7) is 2.46. The molecular formula is C9H14N2O3. The van der Waals surface area contributed by atoms with Crippen LogP contribution in [0.5, 0.6) is 0 Å². The zero-order valence-corrected chi connectivity index (χ0v) is 8.14. The Labute approximate surface area is 82.1 Å². The van der Waals surface area contributed by atoms with Crippen molar-refractivity contribution in [3.8, 4) is 0 Å². The van der Waals surface area contributed by atoms with E-state index in [1.165, 1.54) is 0 Å². The topological polar surface area (TPSA) is 68.4 Å². The molecule has 14 heavy (non-hydrogen) atoms. The van der Waals surface area contributed by atoms with Crippen molar-refractivity contribution in [3.63, 3.8) is 0 Å². The lowest BCUT2D eigenvalue weighted by molar-refractivity contribution is 0.0835. The Morgan fingerprint density at radius 1 is 1.64 bits per heavy atom. The van der Waals surface area contributed by atoms with Crippen molar-refractivity contribution in [2.45, 2.75) is 38.4 Å². The Morgan fingerprint density at radius 3 is 3.14 bits per heavy atom. The lowest BCUT2D eigenvalue weighted by atomic mass is 10.2. The number of aliphatic hydroxyl groups excluding tert-OH is 1. The van der Waals surface area contributed by atoms with Gasteiger partial charge in [0.05, 0.1) is 6.10 Å². The maximum absolute atomic E-state index is 9.13. The first-order valence-electron chi connectivity index (χ1n) is 4.88. The number of rotatable bonds is 3. The molecule has 1 aliphatic rings. The molecule has 1 fully saturated rings. The van der Waals surface area contributed by atoms with Gasteiger partial charge in [-0.15, -0.1) is 0 Å².